The molecule has 0 radical (unpaired) electrons. The lowest BCUT2D eigenvalue weighted by Crippen LogP contribution is -1.97. The summed E-state index contributed by atoms with van der Waals surface area (Å²) in [6, 6.07) is 5.81. The van der Waals surface area contributed by atoms with Crippen molar-refractivity contribution < 1.29 is 14.6 Å². The monoisotopic (exact) mass is 283 g/mol. The van der Waals surface area contributed by atoms with Crippen LogP contribution in [0.1, 0.15) is 11.9 Å². The molecule has 6 heteroatoms. The first kappa shape index (κ1) is 13.2. The van der Waals surface area contributed by atoms with Gasteiger partial charge in [-0.15, -0.1) is 23.1 Å². The molecule has 0 spiro atoms. The quantitative estimate of drug-likeness (QED) is 0.883. The van der Waals surface area contributed by atoms with Crippen molar-refractivity contribution >= 4 is 39.3 Å². The molecule has 18 heavy (non-hydrogen) atoms. The highest BCUT2D eigenvalue weighted by molar-refractivity contribution is 7.99. The molecule has 0 aliphatic carbocycles. The van der Waals surface area contributed by atoms with E-state index in [2.05, 4.69) is 4.98 Å². The van der Waals surface area contributed by atoms with Gasteiger partial charge in [0.1, 0.15) is 10.8 Å². The zero-order chi connectivity index (χ0) is 13.0. The SMILES string of the molecule is CCOc1ccc2nc(CSCC(=O)O)sc2c1. The number of ether oxygens (including phenoxy) is 1. The van der Waals surface area contributed by atoms with Crippen LogP contribution in [0.15, 0.2) is 18.2 Å². The molecular weight excluding hydrogens is 270 g/mol. The van der Waals surface area contributed by atoms with Gasteiger partial charge in [-0.1, -0.05) is 0 Å². The van der Waals surface area contributed by atoms with E-state index in [1.54, 1.807) is 11.3 Å². The number of rotatable bonds is 6. The number of carboxylic acids is 1. The van der Waals surface area contributed by atoms with Crippen LogP contribution >= 0.6 is 23.1 Å². The van der Waals surface area contributed by atoms with E-state index >= 15 is 0 Å². The van der Waals surface area contributed by atoms with Crippen molar-refractivity contribution in [3.63, 3.8) is 0 Å². The summed E-state index contributed by atoms with van der Waals surface area (Å²) in [5.74, 6) is 0.800. The van der Waals surface area contributed by atoms with Crippen LogP contribution in [0.2, 0.25) is 0 Å². The number of aliphatic carboxylic acids is 1. The lowest BCUT2D eigenvalue weighted by molar-refractivity contribution is -0.133. The molecule has 0 aliphatic heterocycles. The molecule has 2 aromatic rings. The Labute approximate surface area is 113 Å². The van der Waals surface area contributed by atoms with E-state index in [9.17, 15) is 4.79 Å². The zero-order valence-corrected chi connectivity index (χ0v) is 11.5. The van der Waals surface area contributed by atoms with Crippen molar-refractivity contribution in [1.82, 2.24) is 4.98 Å². The molecule has 1 N–H and O–H groups in total. The summed E-state index contributed by atoms with van der Waals surface area (Å²) in [6.07, 6.45) is 0. The van der Waals surface area contributed by atoms with Gasteiger partial charge in [0.2, 0.25) is 0 Å². The maximum Gasteiger partial charge on any atom is 0.313 e. The van der Waals surface area contributed by atoms with E-state index in [4.69, 9.17) is 9.84 Å². The highest BCUT2D eigenvalue weighted by Crippen LogP contribution is 2.28. The smallest absolute Gasteiger partial charge is 0.313 e. The van der Waals surface area contributed by atoms with Gasteiger partial charge in [-0.25, -0.2) is 4.98 Å². The fourth-order valence-corrected chi connectivity index (χ4v) is 3.29. The zero-order valence-electron chi connectivity index (χ0n) is 9.88. The molecule has 1 aromatic heterocycles. The normalized spacial score (nSPS) is 10.7. The molecule has 96 valence electrons. The van der Waals surface area contributed by atoms with Crippen molar-refractivity contribution in [2.75, 3.05) is 12.4 Å². The van der Waals surface area contributed by atoms with Gasteiger partial charge < -0.3 is 9.84 Å². The van der Waals surface area contributed by atoms with Crippen LogP contribution in [-0.4, -0.2) is 28.4 Å². The van der Waals surface area contributed by atoms with Gasteiger partial charge >= 0.3 is 5.97 Å². The number of benzene rings is 1. The molecule has 4 nitrogen and oxygen atoms in total. The molecular formula is C12H13NO3S2. The molecule has 0 amide bonds. The highest BCUT2D eigenvalue weighted by atomic mass is 32.2. The van der Waals surface area contributed by atoms with Gasteiger partial charge in [-0.2, -0.15) is 0 Å². The van der Waals surface area contributed by atoms with Crippen molar-refractivity contribution in [1.29, 1.82) is 0 Å². The third-order valence-electron chi connectivity index (χ3n) is 2.17. The van der Waals surface area contributed by atoms with Crippen LogP contribution in [0.3, 0.4) is 0 Å². The van der Waals surface area contributed by atoms with E-state index in [-0.39, 0.29) is 5.75 Å². The van der Waals surface area contributed by atoms with Crippen LogP contribution < -0.4 is 4.74 Å². The maximum absolute atomic E-state index is 10.4. The van der Waals surface area contributed by atoms with Crippen LogP contribution in [0.5, 0.6) is 5.75 Å². The average molecular weight is 283 g/mol. The van der Waals surface area contributed by atoms with Gasteiger partial charge in [-0.3, -0.25) is 4.79 Å². The summed E-state index contributed by atoms with van der Waals surface area (Å²) in [7, 11) is 0. The van der Waals surface area contributed by atoms with E-state index in [0.29, 0.717) is 12.4 Å². The topological polar surface area (TPSA) is 59.4 Å². The predicted molar refractivity (Wildman–Crippen MR) is 74.6 cm³/mol. The van der Waals surface area contributed by atoms with Gasteiger partial charge in [0, 0.05) is 5.75 Å². The minimum Gasteiger partial charge on any atom is -0.494 e. The first-order valence-corrected chi connectivity index (χ1v) is 7.48. The van der Waals surface area contributed by atoms with Crippen LogP contribution in [0.4, 0.5) is 0 Å². The molecule has 0 unspecified atom stereocenters. The molecule has 0 atom stereocenters. The Bertz CT molecular complexity index is 553. The Kier molecular flexibility index (Phi) is 4.43. The van der Waals surface area contributed by atoms with Gasteiger partial charge in [0.25, 0.3) is 0 Å². The number of thioether (sulfide) groups is 1. The Balaban J connectivity index is 2.09. The Morgan fingerprint density at radius 3 is 3.11 bits per heavy atom. The summed E-state index contributed by atoms with van der Waals surface area (Å²) in [6.45, 7) is 2.59. The molecule has 2 rings (SSSR count). The minimum atomic E-state index is -0.792. The van der Waals surface area contributed by atoms with E-state index in [1.165, 1.54) is 11.8 Å². The van der Waals surface area contributed by atoms with Crippen molar-refractivity contribution in [3.05, 3.63) is 23.2 Å². The summed E-state index contributed by atoms with van der Waals surface area (Å²) in [4.78, 5) is 14.9. The molecule has 0 saturated carbocycles. The second-order valence-corrected chi connectivity index (χ2v) is 5.66. The number of fused-ring (bicyclic) bond motifs is 1. The van der Waals surface area contributed by atoms with Gasteiger partial charge in [0.05, 0.1) is 22.6 Å². The third kappa shape index (κ3) is 3.36. The number of carboxylic acid groups (broad SMARTS) is 1. The van der Waals surface area contributed by atoms with E-state index in [0.717, 1.165) is 21.0 Å². The lowest BCUT2D eigenvalue weighted by Gasteiger charge is -2.00. The van der Waals surface area contributed by atoms with Gasteiger partial charge in [-0.05, 0) is 25.1 Å². The number of thiazole rings is 1. The summed E-state index contributed by atoms with van der Waals surface area (Å²) >= 11 is 2.95. The molecule has 0 saturated heterocycles. The first-order valence-electron chi connectivity index (χ1n) is 5.51. The van der Waals surface area contributed by atoms with Crippen LogP contribution in [-0.2, 0) is 10.5 Å². The second-order valence-electron chi connectivity index (χ2n) is 3.56. The first-order chi connectivity index (χ1) is 8.69. The molecule has 0 fully saturated rings. The minimum absolute atomic E-state index is 0.111. The number of aromatic nitrogens is 1. The van der Waals surface area contributed by atoms with E-state index in [1.807, 2.05) is 25.1 Å². The number of nitrogens with zero attached hydrogens (tertiary/aromatic N) is 1. The Morgan fingerprint density at radius 2 is 2.39 bits per heavy atom. The number of carbonyl (C=O) groups is 1. The van der Waals surface area contributed by atoms with Crippen molar-refractivity contribution in [3.8, 4) is 5.75 Å². The summed E-state index contributed by atoms with van der Waals surface area (Å²) in [5, 5.41) is 9.52. The standard InChI is InChI=1S/C12H13NO3S2/c1-2-16-8-3-4-9-10(5-8)18-11(13-9)6-17-7-12(14)15/h3-5H,2,6-7H2,1H3,(H,14,15). The predicted octanol–water partition coefficient (Wildman–Crippen LogP) is 3.01. The Morgan fingerprint density at radius 1 is 1.56 bits per heavy atom. The summed E-state index contributed by atoms with van der Waals surface area (Å²) < 4.78 is 6.51. The molecule has 1 heterocycles. The van der Waals surface area contributed by atoms with Crippen molar-refractivity contribution in [2.45, 2.75) is 12.7 Å². The third-order valence-corrected chi connectivity index (χ3v) is 4.30. The highest BCUT2D eigenvalue weighted by Gasteiger charge is 2.06. The largest absolute Gasteiger partial charge is 0.494 e. The molecule has 1 aromatic carbocycles. The summed E-state index contributed by atoms with van der Waals surface area (Å²) in [5.41, 5.74) is 0.939. The fourth-order valence-electron chi connectivity index (χ4n) is 1.50. The second kappa shape index (κ2) is 6.06. The maximum atomic E-state index is 10.4. The fraction of sp³-hybridized carbons (Fsp3) is 0.333. The van der Waals surface area contributed by atoms with Crippen LogP contribution in [0.25, 0.3) is 10.2 Å². The number of hydrogen-bond donors (Lipinski definition) is 1. The molecule has 0 bridgehead atoms. The average Bonchev–Trinajstić information content (AvgIpc) is 2.71. The Hall–Kier alpha value is -1.27. The van der Waals surface area contributed by atoms with E-state index < -0.39 is 5.97 Å². The molecule has 0 aliphatic rings. The number of hydrogen-bond acceptors (Lipinski definition) is 5. The van der Waals surface area contributed by atoms with Crippen molar-refractivity contribution in [2.24, 2.45) is 0 Å². The lowest BCUT2D eigenvalue weighted by atomic mass is 10.3. The van der Waals surface area contributed by atoms with Crippen LogP contribution in [0, 0.1) is 0 Å². The van der Waals surface area contributed by atoms with Gasteiger partial charge in [0.15, 0.2) is 0 Å².